The van der Waals surface area contributed by atoms with Crippen LogP contribution in [0.4, 0.5) is 4.79 Å². The molecule has 2 aromatic rings. The summed E-state index contributed by atoms with van der Waals surface area (Å²) in [6.07, 6.45) is 0.338. The van der Waals surface area contributed by atoms with Gasteiger partial charge in [-0.2, -0.15) is 0 Å². The van der Waals surface area contributed by atoms with Gasteiger partial charge >= 0.3 is 11.7 Å². The number of methoxy groups -OCH3 is 1. The van der Waals surface area contributed by atoms with E-state index in [4.69, 9.17) is 14.9 Å². The van der Waals surface area contributed by atoms with Gasteiger partial charge in [-0.3, -0.25) is 4.79 Å². The van der Waals surface area contributed by atoms with E-state index in [1.54, 1.807) is 26.0 Å². The summed E-state index contributed by atoms with van der Waals surface area (Å²) in [6.45, 7) is 3.74. The predicted octanol–water partition coefficient (Wildman–Crippen LogP) is 0.0342. The minimum Gasteiger partial charge on any atom is -0.548 e. The summed E-state index contributed by atoms with van der Waals surface area (Å²) >= 11 is 0. The molecule has 0 aliphatic rings. The molecule has 0 radical (unpaired) electrons. The minimum atomic E-state index is -1.43. The zero-order valence-electron chi connectivity index (χ0n) is 17.7. The first-order chi connectivity index (χ1) is 14.6. The van der Waals surface area contributed by atoms with Crippen molar-refractivity contribution >= 4 is 28.9 Å². The standard InChI is InChI=1S/C21H27N3O7/c1-11-13-6-8-16(30-3)12(2)18(13)31-20(28)14(11)7-9-17(25)24-15(19(26)27)5-4-10-23-21(22)29/h6,8,15H,4-5,7,9-10H2,1-3H3,(H,24,25)(H,26,27)(H3,22,23,29)/p-1/t15-/m0/s1. The van der Waals surface area contributed by atoms with Crippen molar-refractivity contribution in [1.29, 1.82) is 0 Å². The molecule has 1 heterocycles. The van der Waals surface area contributed by atoms with Gasteiger partial charge in [0.15, 0.2) is 0 Å². The van der Waals surface area contributed by atoms with Crippen LogP contribution in [0.2, 0.25) is 0 Å². The van der Waals surface area contributed by atoms with E-state index in [9.17, 15) is 24.3 Å². The van der Waals surface area contributed by atoms with Crippen LogP contribution in [0.5, 0.6) is 5.75 Å². The van der Waals surface area contributed by atoms with Crippen molar-refractivity contribution in [3.63, 3.8) is 0 Å². The lowest BCUT2D eigenvalue weighted by molar-refractivity contribution is -0.308. The van der Waals surface area contributed by atoms with Gasteiger partial charge in [-0.15, -0.1) is 0 Å². The van der Waals surface area contributed by atoms with E-state index >= 15 is 0 Å². The minimum absolute atomic E-state index is 0.0621. The highest BCUT2D eigenvalue weighted by Gasteiger charge is 2.18. The molecule has 0 spiro atoms. The lowest BCUT2D eigenvalue weighted by Gasteiger charge is -2.20. The highest BCUT2D eigenvalue weighted by atomic mass is 16.5. The Morgan fingerprint density at radius 1 is 1.23 bits per heavy atom. The molecule has 1 atom stereocenters. The Bertz CT molecular complexity index is 1050. The molecule has 3 amide bonds. The fourth-order valence-corrected chi connectivity index (χ4v) is 3.35. The molecular formula is C21H26N3O7-. The van der Waals surface area contributed by atoms with Crippen LogP contribution in [0, 0.1) is 13.8 Å². The van der Waals surface area contributed by atoms with Crippen LogP contribution in [0.3, 0.4) is 0 Å². The normalized spacial score (nSPS) is 11.7. The number of carbonyl (C=O) groups excluding carboxylic acids is 3. The van der Waals surface area contributed by atoms with Gasteiger partial charge in [0, 0.05) is 29.5 Å². The number of nitrogens with two attached hydrogens (primary N) is 1. The topological polar surface area (TPSA) is 164 Å². The average Bonchev–Trinajstić information content (AvgIpc) is 2.70. The summed E-state index contributed by atoms with van der Waals surface area (Å²) in [5, 5.41) is 16.7. The molecule has 0 saturated carbocycles. The summed E-state index contributed by atoms with van der Waals surface area (Å²) < 4.78 is 10.7. The Balaban J connectivity index is 2.07. The van der Waals surface area contributed by atoms with Crippen molar-refractivity contribution in [3.8, 4) is 5.75 Å². The van der Waals surface area contributed by atoms with Crippen LogP contribution in [0.1, 0.15) is 36.0 Å². The number of hydrogen-bond acceptors (Lipinski definition) is 7. The van der Waals surface area contributed by atoms with E-state index in [0.29, 0.717) is 28.0 Å². The first-order valence-corrected chi connectivity index (χ1v) is 9.79. The Kier molecular flexibility index (Phi) is 8.00. The summed E-state index contributed by atoms with van der Waals surface area (Å²) in [7, 11) is 1.53. The molecule has 31 heavy (non-hydrogen) atoms. The number of amides is 3. The maximum atomic E-state index is 12.5. The molecule has 0 aliphatic carbocycles. The van der Waals surface area contributed by atoms with Gasteiger partial charge in [0.25, 0.3) is 0 Å². The summed E-state index contributed by atoms with van der Waals surface area (Å²) in [5.41, 5.74) is 6.56. The number of aryl methyl sites for hydroxylation is 2. The van der Waals surface area contributed by atoms with Gasteiger partial charge in [0.05, 0.1) is 19.1 Å². The van der Waals surface area contributed by atoms with E-state index in [2.05, 4.69) is 10.6 Å². The number of carboxylic acid groups (broad SMARTS) is 1. The third-order valence-corrected chi connectivity index (χ3v) is 5.06. The highest BCUT2D eigenvalue weighted by molar-refractivity contribution is 5.86. The molecule has 0 unspecified atom stereocenters. The number of hydrogen-bond donors (Lipinski definition) is 3. The Morgan fingerprint density at radius 2 is 1.94 bits per heavy atom. The maximum absolute atomic E-state index is 12.5. The van der Waals surface area contributed by atoms with Gasteiger partial charge < -0.3 is 35.4 Å². The predicted molar refractivity (Wildman–Crippen MR) is 111 cm³/mol. The maximum Gasteiger partial charge on any atom is 0.339 e. The number of carboxylic acids is 1. The number of urea groups is 1. The Labute approximate surface area is 178 Å². The summed E-state index contributed by atoms with van der Waals surface area (Å²) in [4.78, 5) is 46.6. The number of aliphatic carboxylic acids is 1. The van der Waals surface area contributed by atoms with Crippen LogP contribution in [0.25, 0.3) is 11.0 Å². The molecule has 168 valence electrons. The molecule has 4 N–H and O–H groups in total. The second-order valence-corrected chi connectivity index (χ2v) is 7.13. The van der Waals surface area contributed by atoms with Crippen molar-refractivity contribution in [2.75, 3.05) is 13.7 Å². The molecule has 0 fully saturated rings. The van der Waals surface area contributed by atoms with Gasteiger partial charge in [-0.1, -0.05) is 0 Å². The number of carbonyl (C=O) groups is 3. The molecule has 2 rings (SSSR count). The van der Waals surface area contributed by atoms with E-state index in [0.717, 1.165) is 5.39 Å². The number of ether oxygens (including phenoxy) is 1. The van der Waals surface area contributed by atoms with Crippen molar-refractivity contribution in [2.24, 2.45) is 5.73 Å². The van der Waals surface area contributed by atoms with Crippen LogP contribution in [-0.4, -0.2) is 37.6 Å². The fraction of sp³-hybridized carbons (Fsp3) is 0.429. The number of rotatable bonds is 10. The molecule has 1 aromatic heterocycles. The molecular weight excluding hydrogens is 406 g/mol. The monoisotopic (exact) mass is 432 g/mol. The average molecular weight is 432 g/mol. The van der Waals surface area contributed by atoms with Crippen molar-refractivity contribution < 1.29 is 28.6 Å². The SMILES string of the molecule is COc1ccc2c(C)c(CCC(=O)N[C@@H](CCCNC(N)=O)C(=O)[O-])c(=O)oc2c1C. The van der Waals surface area contributed by atoms with Crippen LogP contribution < -0.4 is 31.8 Å². The lowest BCUT2D eigenvalue weighted by atomic mass is 10.00. The number of primary amides is 1. The summed E-state index contributed by atoms with van der Waals surface area (Å²) in [5.74, 6) is -1.37. The molecule has 0 bridgehead atoms. The quantitative estimate of drug-likeness (QED) is 0.352. The number of fused-ring (bicyclic) bond motifs is 1. The van der Waals surface area contributed by atoms with Gasteiger partial charge in [-0.25, -0.2) is 9.59 Å². The third-order valence-electron chi connectivity index (χ3n) is 5.06. The second-order valence-electron chi connectivity index (χ2n) is 7.13. The fourth-order valence-electron chi connectivity index (χ4n) is 3.35. The first kappa shape index (κ1) is 23.7. The third kappa shape index (κ3) is 5.97. The number of benzene rings is 1. The molecule has 1 aromatic carbocycles. The summed E-state index contributed by atoms with van der Waals surface area (Å²) in [6, 6.07) is 1.63. The Hall–Kier alpha value is -3.56. The van der Waals surface area contributed by atoms with Crippen molar-refractivity contribution in [3.05, 3.63) is 39.2 Å². The van der Waals surface area contributed by atoms with Crippen molar-refractivity contribution in [2.45, 2.75) is 45.6 Å². The Morgan fingerprint density at radius 3 is 2.55 bits per heavy atom. The molecule has 10 heteroatoms. The van der Waals surface area contributed by atoms with Crippen molar-refractivity contribution in [1.82, 2.24) is 10.6 Å². The molecule has 0 saturated heterocycles. The zero-order chi connectivity index (χ0) is 23.1. The number of nitrogens with one attached hydrogen (secondary N) is 2. The lowest BCUT2D eigenvalue weighted by Crippen LogP contribution is -2.48. The highest BCUT2D eigenvalue weighted by Crippen LogP contribution is 2.29. The first-order valence-electron chi connectivity index (χ1n) is 9.79. The van der Waals surface area contributed by atoms with E-state index in [-0.39, 0.29) is 32.2 Å². The van der Waals surface area contributed by atoms with E-state index in [1.165, 1.54) is 7.11 Å². The van der Waals surface area contributed by atoms with E-state index in [1.807, 2.05) is 0 Å². The smallest absolute Gasteiger partial charge is 0.339 e. The molecule has 10 nitrogen and oxygen atoms in total. The van der Waals surface area contributed by atoms with Crippen LogP contribution in [-0.2, 0) is 16.0 Å². The second kappa shape index (κ2) is 10.5. The van der Waals surface area contributed by atoms with Gasteiger partial charge in [0.2, 0.25) is 5.91 Å². The largest absolute Gasteiger partial charge is 0.548 e. The van der Waals surface area contributed by atoms with Crippen LogP contribution >= 0.6 is 0 Å². The van der Waals surface area contributed by atoms with E-state index < -0.39 is 29.6 Å². The van der Waals surface area contributed by atoms with Gasteiger partial charge in [-0.05, 0) is 50.8 Å². The zero-order valence-corrected chi connectivity index (χ0v) is 17.7. The van der Waals surface area contributed by atoms with Gasteiger partial charge in [0.1, 0.15) is 11.3 Å². The molecule has 0 aliphatic heterocycles. The van der Waals surface area contributed by atoms with Crippen LogP contribution in [0.15, 0.2) is 21.3 Å².